The van der Waals surface area contributed by atoms with E-state index >= 15 is 0 Å². The fraction of sp³-hybridized carbons (Fsp3) is 0.692. The molecule has 1 aliphatic rings. The van der Waals surface area contributed by atoms with Crippen molar-refractivity contribution in [3.63, 3.8) is 0 Å². The number of carbonyl (C=O) groups excluding carboxylic acids is 1. The SMILES string of the molecule is CCn1cncc1CNCCC(=O)N1CCCC1. The number of hydrogen-bond donors (Lipinski definition) is 1. The zero-order chi connectivity index (χ0) is 12.8. The Labute approximate surface area is 108 Å². The van der Waals surface area contributed by atoms with Crippen LogP contribution in [0.4, 0.5) is 0 Å². The summed E-state index contributed by atoms with van der Waals surface area (Å²) in [4.78, 5) is 17.9. The van der Waals surface area contributed by atoms with Crippen molar-refractivity contribution in [1.82, 2.24) is 19.8 Å². The minimum Gasteiger partial charge on any atom is -0.343 e. The molecule has 1 aromatic heterocycles. The van der Waals surface area contributed by atoms with Gasteiger partial charge in [0.2, 0.25) is 5.91 Å². The summed E-state index contributed by atoms with van der Waals surface area (Å²) in [5.41, 5.74) is 1.17. The van der Waals surface area contributed by atoms with Gasteiger partial charge in [-0.2, -0.15) is 0 Å². The Hall–Kier alpha value is -1.36. The molecule has 0 bridgehead atoms. The maximum Gasteiger partial charge on any atom is 0.223 e. The van der Waals surface area contributed by atoms with Crippen LogP contribution < -0.4 is 5.32 Å². The standard InChI is InChI=1S/C13H22N4O/c1-2-16-11-15-10-12(16)9-14-6-5-13(18)17-7-3-4-8-17/h10-11,14H,2-9H2,1H3. The third-order valence-electron chi connectivity index (χ3n) is 3.42. The Bertz CT molecular complexity index is 382. The van der Waals surface area contributed by atoms with E-state index < -0.39 is 0 Å². The summed E-state index contributed by atoms with van der Waals surface area (Å²) in [6.45, 7) is 6.44. The number of aryl methyl sites for hydroxylation is 1. The molecule has 1 saturated heterocycles. The molecule has 100 valence electrons. The molecule has 2 heterocycles. The van der Waals surface area contributed by atoms with E-state index in [1.165, 1.54) is 5.69 Å². The second-order valence-electron chi connectivity index (χ2n) is 4.69. The van der Waals surface area contributed by atoms with Crippen LogP contribution in [0.5, 0.6) is 0 Å². The van der Waals surface area contributed by atoms with E-state index in [0.717, 1.165) is 45.6 Å². The molecule has 0 radical (unpaired) electrons. The molecule has 2 rings (SSSR count). The summed E-state index contributed by atoms with van der Waals surface area (Å²) in [5, 5.41) is 3.31. The van der Waals surface area contributed by atoms with E-state index in [9.17, 15) is 4.79 Å². The number of amides is 1. The van der Waals surface area contributed by atoms with E-state index in [0.29, 0.717) is 6.42 Å². The van der Waals surface area contributed by atoms with Crippen molar-refractivity contribution in [2.24, 2.45) is 0 Å². The number of likely N-dealkylation sites (tertiary alicyclic amines) is 1. The van der Waals surface area contributed by atoms with E-state index in [4.69, 9.17) is 0 Å². The molecule has 0 aromatic carbocycles. The summed E-state index contributed by atoms with van der Waals surface area (Å²) in [5.74, 6) is 0.281. The molecule has 0 aliphatic carbocycles. The van der Waals surface area contributed by atoms with Gasteiger partial charge in [0, 0.05) is 45.3 Å². The van der Waals surface area contributed by atoms with Gasteiger partial charge in [0.25, 0.3) is 0 Å². The predicted molar refractivity (Wildman–Crippen MR) is 70.0 cm³/mol. The van der Waals surface area contributed by atoms with Crippen LogP contribution in [0.25, 0.3) is 0 Å². The minimum atomic E-state index is 0.281. The van der Waals surface area contributed by atoms with Crippen LogP contribution >= 0.6 is 0 Å². The van der Waals surface area contributed by atoms with Gasteiger partial charge in [-0.25, -0.2) is 4.98 Å². The van der Waals surface area contributed by atoms with Gasteiger partial charge in [-0.05, 0) is 19.8 Å². The highest BCUT2D eigenvalue weighted by Gasteiger charge is 2.16. The largest absolute Gasteiger partial charge is 0.343 e. The predicted octanol–water partition coefficient (Wildman–Crippen LogP) is 1.01. The molecule has 0 spiro atoms. The van der Waals surface area contributed by atoms with Crippen LogP contribution in [0.15, 0.2) is 12.5 Å². The van der Waals surface area contributed by atoms with Crippen LogP contribution in [0.2, 0.25) is 0 Å². The van der Waals surface area contributed by atoms with Crippen LogP contribution in [0.3, 0.4) is 0 Å². The highest BCUT2D eigenvalue weighted by molar-refractivity contribution is 5.76. The third-order valence-corrected chi connectivity index (χ3v) is 3.42. The molecular formula is C13H22N4O. The summed E-state index contributed by atoms with van der Waals surface area (Å²) >= 11 is 0. The van der Waals surface area contributed by atoms with Gasteiger partial charge in [-0.15, -0.1) is 0 Å². The topological polar surface area (TPSA) is 50.2 Å². The molecule has 5 heteroatoms. The molecule has 1 fully saturated rings. The Morgan fingerprint density at radius 2 is 2.22 bits per heavy atom. The Morgan fingerprint density at radius 1 is 1.44 bits per heavy atom. The quantitative estimate of drug-likeness (QED) is 0.766. The van der Waals surface area contributed by atoms with Crippen molar-refractivity contribution < 1.29 is 4.79 Å². The van der Waals surface area contributed by atoms with Crippen LogP contribution in [-0.2, 0) is 17.9 Å². The van der Waals surface area contributed by atoms with E-state index in [1.807, 2.05) is 17.4 Å². The number of nitrogens with zero attached hydrogens (tertiary/aromatic N) is 3. The molecule has 18 heavy (non-hydrogen) atoms. The second kappa shape index (κ2) is 6.54. The highest BCUT2D eigenvalue weighted by Crippen LogP contribution is 2.08. The maximum absolute atomic E-state index is 11.8. The lowest BCUT2D eigenvalue weighted by Gasteiger charge is -2.15. The van der Waals surface area contributed by atoms with Crippen molar-refractivity contribution in [3.05, 3.63) is 18.2 Å². The van der Waals surface area contributed by atoms with Crippen molar-refractivity contribution in [1.29, 1.82) is 0 Å². The molecule has 1 N–H and O–H groups in total. The van der Waals surface area contributed by atoms with Gasteiger partial charge in [0.15, 0.2) is 0 Å². The van der Waals surface area contributed by atoms with Gasteiger partial charge >= 0.3 is 0 Å². The first-order valence-corrected chi connectivity index (χ1v) is 6.78. The fourth-order valence-corrected chi connectivity index (χ4v) is 2.32. The van der Waals surface area contributed by atoms with Gasteiger partial charge in [0.1, 0.15) is 0 Å². The average molecular weight is 250 g/mol. The smallest absolute Gasteiger partial charge is 0.223 e. The highest BCUT2D eigenvalue weighted by atomic mass is 16.2. The lowest BCUT2D eigenvalue weighted by molar-refractivity contribution is -0.130. The lowest BCUT2D eigenvalue weighted by atomic mass is 10.3. The van der Waals surface area contributed by atoms with Gasteiger partial charge in [-0.1, -0.05) is 0 Å². The first kappa shape index (κ1) is 13.1. The minimum absolute atomic E-state index is 0.281. The number of rotatable bonds is 6. The number of carbonyl (C=O) groups is 1. The monoisotopic (exact) mass is 250 g/mol. The van der Waals surface area contributed by atoms with Gasteiger partial charge < -0.3 is 14.8 Å². The number of imidazole rings is 1. The normalized spacial score (nSPS) is 15.3. The summed E-state index contributed by atoms with van der Waals surface area (Å²) in [7, 11) is 0. The van der Waals surface area contributed by atoms with Crippen molar-refractivity contribution in [2.75, 3.05) is 19.6 Å². The summed E-state index contributed by atoms with van der Waals surface area (Å²) < 4.78 is 2.11. The molecule has 0 atom stereocenters. The molecule has 1 amide bonds. The van der Waals surface area contributed by atoms with E-state index in [-0.39, 0.29) is 5.91 Å². The number of hydrogen-bond acceptors (Lipinski definition) is 3. The molecule has 1 aliphatic heterocycles. The van der Waals surface area contributed by atoms with Crippen molar-refractivity contribution in [2.45, 2.75) is 39.3 Å². The molecule has 1 aromatic rings. The molecular weight excluding hydrogens is 228 g/mol. The third kappa shape index (κ3) is 3.32. The molecule has 0 saturated carbocycles. The summed E-state index contributed by atoms with van der Waals surface area (Å²) in [6.07, 6.45) is 6.63. The Morgan fingerprint density at radius 3 is 2.94 bits per heavy atom. The Kier molecular flexibility index (Phi) is 4.75. The van der Waals surface area contributed by atoms with Gasteiger partial charge in [-0.3, -0.25) is 4.79 Å². The zero-order valence-electron chi connectivity index (χ0n) is 11.1. The first-order chi connectivity index (χ1) is 8.81. The number of aromatic nitrogens is 2. The van der Waals surface area contributed by atoms with Crippen molar-refractivity contribution in [3.8, 4) is 0 Å². The fourth-order valence-electron chi connectivity index (χ4n) is 2.32. The number of nitrogens with one attached hydrogen (secondary N) is 1. The molecule has 0 unspecified atom stereocenters. The van der Waals surface area contributed by atoms with Crippen LogP contribution in [-0.4, -0.2) is 40.0 Å². The summed E-state index contributed by atoms with van der Waals surface area (Å²) in [6, 6.07) is 0. The van der Waals surface area contributed by atoms with Gasteiger partial charge in [0.05, 0.1) is 12.0 Å². The van der Waals surface area contributed by atoms with E-state index in [2.05, 4.69) is 21.8 Å². The average Bonchev–Trinajstić information content (AvgIpc) is 3.04. The first-order valence-electron chi connectivity index (χ1n) is 6.78. The van der Waals surface area contributed by atoms with Crippen LogP contribution in [0, 0.1) is 0 Å². The maximum atomic E-state index is 11.8. The zero-order valence-corrected chi connectivity index (χ0v) is 11.1. The van der Waals surface area contributed by atoms with E-state index in [1.54, 1.807) is 0 Å². The lowest BCUT2D eigenvalue weighted by Crippen LogP contribution is -2.30. The Balaban J connectivity index is 1.65. The van der Waals surface area contributed by atoms with Crippen LogP contribution in [0.1, 0.15) is 31.9 Å². The molecule has 5 nitrogen and oxygen atoms in total. The second-order valence-corrected chi connectivity index (χ2v) is 4.69. The van der Waals surface area contributed by atoms with Crippen molar-refractivity contribution >= 4 is 5.91 Å².